The molecule has 1 saturated heterocycles. The number of ether oxygens (including phenoxy) is 4. The molecule has 0 N–H and O–H groups in total. The third-order valence-corrected chi connectivity index (χ3v) is 4.64. The quantitative estimate of drug-likeness (QED) is 0.548. The predicted molar refractivity (Wildman–Crippen MR) is 83.3 cm³/mol. The van der Waals surface area contributed by atoms with Gasteiger partial charge in [-0.05, 0) is 19.3 Å². The minimum atomic E-state index is 0.00623. The molecule has 4 atom stereocenters. The summed E-state index contributed by atoms with van der Waals surface area (Å²) in [4.78, 5) is 0. The molecule has 5 heteroatoms. The topological polar surface area (TPSA) is 36.9 Å². The SMILES string of the molecule is CCCOC[C@H]1SC(OC)[C@H](OCCC)[C@H]1OCCC. The van der Waals surface area contributed by atoms with E-state index in [0.717, 1.165) is 39.1 Å². The lowest BCUT2D eigenvalue weighted by atomic mass is 10.1. The van der Waals surface area contributed by atoms with E-state index in [1.165, 1.54) is 0 Å². The molecule has 1 aliphatic heterocycles. The lowest BCUT2D eigenvalue weighted by Gasteiger charge is -2.25. The fraction of sp³-hybridized carbons (Fsp3) is 1.00. The van der Waals surface area contributed by atoms with Gasteiger partial charge in [-0.25, -0.2) is 0 Å². The summed E-state index contributed by atoms with van der Waals surface area (Å²) in [7, 11) is 1.74. The maximum Gasteiger partial charge on any atom is 0.132 e. The van der Waals surface area contributed by atoms with Gasteiger partial charge >= 0.3 is 0 Å². The minimum absolute atomic E-state index is 0.00623. The van der Waals surface area contributed by atoms with Crippen LogP contribution in [-0.4, -0.2) is 56.4 Å². The first-order valence-corrected chi connectivity index (χ1v) is 8.71. The van der Waals surface area contributed by atoms with Crippen molar-refractivity contribution in [3.8, 4) is 0 Å². The van der Waals surface area contributed by atoms with Gasteiger partial charge in [0.1, 0.15) is 17.6 Å². The molecule has 0 aromatic rings. The molecule has 20 heavy (non-hydrogen) atoms. The zero-order chi connectivity index (χ0) is 14.8. The maximum absolute atomic E-state index is 6.03. The Bertz CT molecular complexity index is 240. The van der Waals surface area contributed by atoms with E-state index in [0.29, 0.717) is 11.9 Å². The second-order valence-corrected chi connectivity index (χ2v) is 6.37. The van der Waals surface area contributed by atoms with Gasteiger partial charge in [0.15, 0.2) is 0 Å². The van der Waals surface area contributed by atoms with E-state index in [4.69, 9.17) is 18.9 Å². The number of hydrogen-bond donors (Lipinski definition) is 0. The molecule has 0 aromatic carbocycles. The standard InChI is InChI=1S/C15H30O4S/c1-5-8-17-11-12-13(18-9-6-2)14(19-10-7-3)15(16-4)20-12/h12-15H,5-11H2,1-4H3/t12-,13+,14-,15?/m1/s1. The van der Waals surface area contributed by atoms with Crippen LogP contribution in [0.1, 0.15) is 40.0 Å². The highest BCUT2D eigenvalue weighted by Crippen LogP contribution is 2.38. The minimum Gasteiger partial charge on any atom is -0.380 e. The van der Waals surface area contributed by atoms with Crippen LogP contribution in [0, 0.1) is 0 Å². The fourth-order valence-corrected chi connectivity index (χ4v) is 3.65. The lowest BCUT2D eigenvalue weighted by molar-refractivity contribution is -0.102. The monoisotopic (exact) mass is 306 g/mol. The summed E-state index contributed by atoms with van der Waals surface area (Å²) >= 11 is 1.78. The molecule has 0 spiro atoms. The van der Waals surface area contributed by atoms with Crippen molar-refractivity contribution in [1.29, 1.82) is 0 Å². The van der Waals surface area contributed by atoms with Crippen molar-refractivity contribution in [2.24, 2.45) is 0 Å². The van der Waals surface area contributed by atoms with Crippen LogP contribution in [0.25, 0.3) is 0 Å². The zero-order valence-electron chi connectivity index (χ0n) is 13.3. The molecular formula is C15H30O4S. The third-order valence-electron chi connectivity index (χ3n) is 3.16. The van der Waals surface area contributed by atoms with Gasteiger partial charge in [-0.2, -0.15) is 0 Å². The zero-order valence-corrected chi connectivity index (χ0v) is 14.1. The van der Waals surface area contributed by atoms with Crippen molar-refractivity contribution < 1.29 is 18.9 Å². The van der Waals surface area contributed by atoms with E-state index >= 15 is 0 Å². The second-order valence-electron chi connectivity index (χ2n) is 5.02. The molecule has 4 nitrogen and oxygen atoms in total. The molecule has 1 heterocycles. The van der Waals surface area contributed by atoms with E-state index in [1.807, 2.05) is 0 Å². The van der Waals surface area contributed by atoms with Crippen molar-refractivity contribution in [2.45, 2.75) is 62.9 Å². The first-order valence-electron chi connectivity index (χ1n) is 7.77. The molecule has 1 rings (SSSR count). The Labute approximate surface area is 127 Å². The number of methoxy groups -OCH3 is 1. The van der Waals surface area contributed by atoms with Gasteiger partial charge in [0.2, 0.25) is 0 Å². The van der Waals surface area contributed by atoms with Crippen LogP contribution in [0.2, 0.25) is 0 Å². The Balaban J connectivity index is 2.60. The second kappa shape index (κ2) is 10.9. The van der Waals surface area contributed by atoms with E-state index < -0.39 is 0 Å². The highest BCUT2D eigenvalue weighted by molar-refractivity contribution is 8.00. The number of hydrogen-bond acceptors (Lipinski definition) is 5. The lowest BCUT2D eigenvalue weighted by Crippen LogP contribution is -2.40. The van der Waals surface area contributed by atoms with Crippen molar-refractivity contribution in [3.05, 3.63) is 0 Å². The van der Waals surface area contributed by atoms with Crippen molar-refractivity contribution in [3.63, 3.8) is 0 Å². The molecule has 0 bridgehead atoms. The predicted octanol–water partition coefficient (Wildman–Crippen LogP) is 3.09. The molecular weight excluding hydrogens is 276 g/mol. The van der Waals surface area contributed by atoms with Crippen LogP contribution in [-0.2, 0) is 18.9 Å². The van der Waals surface area contributed by atoms with Gasteiger partial charge in [0, 0.05) is 26.9 Å². The van der Waals surface area contributed by atoms with Gasteiger partial charge in [0.25, 0.3) is 0 Å². The molecule has 0 aromatic heterocycles. The molecule has 0 aliphatic carbocycles. The molecule has 1 unspecified atom stereocenters. The molecule has 0 amide bonds. The Morgan fingerprint density at radius 2 is 1.45 bits per heavy atom. The van der Waals surface area contributed by atoms with Gasteiger partial charge in [-0.15, -0.1) is 11.8 Å². The summed E-state index contributed by atoms with van der Waals surface area (Å²) in [6.07, 6.45) is 3.14. The number of rotatable bonds is 11. The van der Waals surface area contributed by atoms with Gasteiger partial charge < -0.3 is 18.9 Å². The van der Waals surface area contributed by atoms with Crippen LogP contribution in [0.5, 0.6) is 0 Å². The summed E-state index contributed by atoms with van der Waals surface area (Å²) in [5, 5.41) is 0.292. The van der Waals surface area contributed by atoms with Crippen LogP contribution in [0.3, 0.4) is 0 Å². The van der Waals surface area contributed by atoms with Gasteiger partial charge in [-0.3, -0.25) is 0 Å². The molecule has 0 saturated carbocycles. The maximum atomic E-state index is 6.03. The van der Waals surface area contributed by atoms with Crippen molar-refractivity contribution >= 4 is 11.8 Å². The third kappa shape index (κ3) is 5.53. The molecule has 0 radical (unpaired) electrons. The average Bonchev–Trinajstić information content (AvgIpc) is 2.80. The molecule has 1 fully saturated rings. The van der Waals surface area contributed by atoms with E-state index in [-0.39, 0.29) is 17.6 Å². The Morgan fingerprint density at radius 1 is 0.850 bits per heavy atom. The van der Waals surface area contributed by atoms with Crippen LogP contribution >= 0.6 is 11.8 Å². The Hall–Kier alpha value is 0.190. The highest BCUT2D eigenvalue weighted by atomic mass is 32.2. The summed E-state index contributed by atoms with van der Waals surface area (Å²) in [5.41, 5.74) is 0.0404. The smallest absolute Gasteiger partial charge is 0.132 e. The van der Waals surface area contributed by atoms with Crippen molar-refractivity contribution in [2.75, 3.05) is 33.5 Å². The van der Waals surface area contributed by atoms with E-state index in [2.05, 4.69) is 20.8 Å². The van der Waals surface area contributed by atoms with Crippen molar-refractivity contribution in [1.82, 2.24) is 0 Å². The molecule has 1 aliphatic rings. The normalized spacial score (nSPS) is 30.0. The van der Waals surface area contributed by atoms with E-state index in [1.54, 1.807) is 18.9 Å². The first kappa shape index (κ1) is 18.2. The first-order chi connectivity index (χ1) is 9.78. The summed E-state index contributed by atoms with van der Waals surface area (Å²) in [6, 6.07) is 0. The largest absolute Gasteiger partial charge is 0.380 e. The Kier molecular flexibility index (Phi) is 9.90. The average molecular weight is 306 g/mol. The van der Waals surface area contributed by atoms with E-state index in [9.17, 15) is 0 Å². The summed E-state index contributed by atoms with van der Waals surface area (Å²) < 4.78 is 23.3. The highest BCUT2D eigenvalue weighted by Gasteiger charge is 2.46. The summed E-state index contributed by atoms with van der Waals surface area (Å²) in [5.74, 6) is 0. The van der Waals surface area contributed by atoms with Crippen LogP contribution in [0.4, 0.5) is 0 Å². The van der Waals surface area contributed by atoms with Crippen LogP contribution < -0.4 is 0 Å². The fourth-order valence-electron chi connectivity index (χ4n) is 2.24. The van der Waals surface area contributed by atoms with Gasteiger partial charge in [-0.1, -0.05) is 20.8 Å². The Morgan fingerprint density at radius 3 is 2.00 bits per heavy atom. The van der Waals surface area contributed by atoms with Crippen LogP contribution in [0.15, 0.2) is 0 Å². The summed E-state index contributed by atoms with van der Waals surface area (Å²) in [6.45, 7) is 9.39. The molecule has 120 valence electrons. The van der Waals surface area contributed by atoms with Gasteiger partial charge in [0.05, 0.1) is 11.9 Å². The number of thioether (sulfide) groups is 1.